The van der Waals surface area contributed by atoms with E-state index in [1.165, 1.54) is 19.2 Å². The number of hydrogen-bond acceptors (Lipinski definition) is 5. The van der Waals surface area contributed by atoms with Crippen LogP contribution in [0.2, 0.25) is 5.15 Å². The summed E-state index contributed by atoms with van der Waals surface area (Å²) in [5.41, 5.74) is -0.798. The minimum Gasteiger partial charge on any atom is -0.377 e. The zero-order valence-electron chi connectivity index (χ0n) is 10.7. The van der Waals surface area contributed by atoms with Crippen molar-refractivity contribution in [1.29, 1.82) is 0 Å². The van der Waals surface area contributed by atoms with Crippen molar-refractivity contribution in [3.8, 4) is 0 Å². The SMILES string of the molecule is COCc1nc(Cl)cc(Sc2ccc(C(F)(F)F)cn2)n1. The molecule has 0 fully saturated rings. The van der Waals surface area contributed by atoms with Crippen molar-refractivity contribution in [1.82, 2.24) is 15.0 Å². The lowest BCUT2D eigenvalue weighted by molar-refractivity contribution is -0.137. The molecule has 9 heteroatoms. The smallest absolute Gasteiger partial charge is 0.377 e. The summed E-state index contributed by atoms with van der Waals surface area (Å²) in [5, 5.41) is 1.09. The molecule has 0 aliphatic heterocycles. The van der Waals surface area contributed by atoms with Crippen LogP contribution in [-0.4, -0.2) is 22.1 Å². The first-order chi connectivity index (χ1) is 9.88. The molecule has 2 heterocycles. The van der Waals surface area contributed by atoms with Gasteiger partial charge in [-0.3, -0.25) is 0 Å². The highest BCUT2D eigenvalue weighted by atomic mass is 35.5. The van der Waals surface area contributed by atoms with Gasteiger partial charge in [-0.05, 0) is 23.9 Å². The molecule has 0 amide bonds. The van der Waals surface area contributed by atoms with Crippen LogP contribution >= 0.6 is 23.4 Å². The molecule has 4 nitrogen and oxygen atoms in total. The minimum atomic E-state index is -4.40. The number of pyridine rings is 1. The lowest BCUT2D eigenvalue weighted by Crippen LogP contribution is -2.05. The maximum absolute atomic E-state index is 12.4. The summed E-state index contributed by atoms with van der Waals surface area (Å²) in [6.07, 6.45) is -3.62. The number of ether oxygens (including phenoxy) is 1. The predicted molar refractivity (Wildman–Crippen MR) is 71.1 cm³/mol. The average Bonchev–Trinajstić information content (AvgIpc) is 2.38. The van der Waals surface area contributed by atoms with E-state index in [0.29, 0.717) is 15.9 Å². The van der Waals surface area contributed by atoms with Crippen molar-refractivity contribution in [2.75, 3.05) is 7.11 Å². The summed E-state index contributed by atoms with van der Waals surface area (Å²) in [5.74, 6) is 0.388. The zero-order valence-corrected chi connectivity index (χ0v) is 12.3. The molecule has 0 N–H and O–H groups in total. The van der Waals surface area contributed by atoms with Crippen molar-refractivity contribution < 1.29 is 17.9 Å². The summed E-state index contributed by atoms with van der Waals surface area (Å²) in [6.45, 7) is 0.189. The Labute approximate surface area is 127 Å². The quantitative estimate of drug-likeness (QED) is 0.794. The number of alkyl halides is 3. The van der Waals surface area contributed by atoms with Gasteiger partial charge in [-0.15, -0.1) is 0 Å². The van der Waals surface area contributed by atoms with Crippen LogP contribution < -0.4 is 0 Å². The fourth-order valence-electron chi connectivity index (χ4n) is 1.40. The van der Waals surface area contributed by atoms with Gasteiger partial charge in [-0.25, -0.2) is 15.0 Å². The molecule has 0 aromatic carbocycles. The molecule has 2 rings (SSSR count). The lowest BCUT2D eigenvalue weighted by atomic mass is 10.3. The summed E-state index contributed by atoms with van der Waals surface area (Å²) in [4.78, 5) is 11.9. The number of halogens is 4. The normalized spacial score (nSPS) is 11.7. The van der Waals surface area contributed by atoms with Gasteiger partial charge >= 0.3 is 6.18 Å². The summed E-state index contributed by atoms with van der Waals surface area (Å²) in [7, 11) is 1.49. The second-order valence-electron chi connectivity index (χ2n) is 3.86. The third-order valence-corrected chi connectivity index (χ3v) is 3.33. The average molecular weight is 336 g/mol. The minimum absolute atomic E-state index is 0.189. The van der Waals surface area contributed by atoms with Gasteiger partial charge in [0.2, 0.25) is 0 Å². The number of hydrogen-bond donors (Lipinski definition) is 0. The third-order valence-electron chi connectivity index (χ3n) is 2.26. The van der Waals surface area contributed by atoms with Crippen LogP contribution in [0.5, 0.6) is 0 Å². The molecule has 0 spiro atoms. The molecule has 2 aromatic rings. The maximum Gasteiger partial charge on any atom is 0.417 e. The van der Waals surface area contributed by atoms with E-state index in [2.05, 4.69) is 15.0 Å². The van der Waals surface area contributed by atoms with E-state index in [9.17, 15) is 13.2 Å². The Balaban J connectivity index is 2.18. The molecule has 0 bridgehead atoms. The first-order valence-corrected chi connectivity index (χ1v) is 6.81. The highest BCUT2D eigenvalue weighted by molar-refractivity contribution is 7.99. The highest BCUT2D eigenvalue weighted by Crippen LogP contribution is 2.31. The molecule has 112 valence electrons. The highest BCUT2D eigenvalue weighted by Gasteiger charge is 2.30. The van der Waals surface area contributed by atoms with E-state index in [0.717, 1.165) is 24.0 Å². The van der Waals surface area contributed by atoms with E-state index in [1.54, 1.807) is 0 Å². The first kappa shape index (κ1) is 16.0. The van der Waals surface area contributed by atoms with Gasteiger partial charge in [0.05, 0.1) is 5.56 Å². The van der Waals surface area contributed by atoms with Crippen LogP contribution in [0.25, 0.3) is 0 Å². The van der Waals surface area contributed by atoms with Crippen LogP contribution in [0.1, 0.15) is 11.4 Å². The maximum atomic E-state index is 12.4. The molecule has 0 saturated carbocycles. The third kappa shape index (κ3) is 4.55. The number of rotatable bonds is 4. The van der Waals surface area contributed by atoms with E-state index in [1.807, 2.05) is 0 Å². The Morgan fingerprint density at radius 2 is 2.00 bits per heavy atom. The van der Waals surface area contributed by atoms with E-state index < -0.39 is 11.7 Å². The van der Waals surface area contributed by atoms with Gasteiger partial charge in [-0.2, -0.15) is 13.2 Å². The van der Waals surface area contributed by atoms with Gasteiger partial charge < -0.3 is 4.74 Å². The summed E-state index contributed by atoms with van der Waals surface area (Å²) < 4.78 is 42.2. The van der Waals surface area contributed by atoms with Gasteiger partial charge in [0.25, 0.3) is 0 Å². The Bertz CT molecular complexity index is 622. The molecule has 21 heavy (non-hydrogen) atoms. The van der Waals surface area contributed by atoms with Crippen LogP contribution in [0.15, 0.2) is 34.4 Å². The fraction of sp³-hybridized carbons (Fsp3) is 0.250. The second kappa shape index (κ2) is 6.59. The lowest BCUT2D eigenvalue weighted by Gasteiger charge is -2.07. The molecule has 0 aliphatic rings. The standard InChI is InChI=1S/C12H9ClF3N3OS/c1-20-6-9-18-8(13)4-11(19-9)21-10-3-2-7(5-17-10)12(14,15)16/h2-5H,6H2,1H3. The number of nitrogens with zero attached hydrogens (tertiary/aromatic N) is 3. The van der Waals surface area contributed by atoms with E-state index in [4.69, 9.17) is 16.3 Å². The molecular weight excluding hydrogens is 327 g/mol. The van der Waals surface area contributed by atoms with E-state index >= 15 is 0 Å². The topological polar surface area (TPSA) is 47.9 Å². The molecule has 0 unspecified atom stereocenters. The van der Waals surface area contributed by atoms with Crippen molar-refractivity contribution in [3.05, 3.63) is 40.9 Å². The van der Waals surface area contributed by atoms with Gasteiger partial charge in [0.1, 0.15) is 21.8 Å². The van der Waals surface area contributed by atoms with Gasteiger partial charge in [-0.1, -0.05) is 11.6 Å². The largest absolute Gasteiger partial charge is 0.417 e. The van der Waals surface area contributed by atoms with Crippen LogP contribution in [0.4, 0.5) is 13.2 Å². The molecule has 0 saturated heterocycles. The Morgan fingerprint density at radius 3 is 2.57 bits per heavy atom. The number of aromatic nitrogens is 3. The van der Waals surface area contributed by atoms with Crippen molar-refractivity contribution in [2.24, 2.45) is 0 Å². The first-order valence-electron chi connectivity index (χ1n) is 5.62. The Morgan fingerprint density at radius 1 is 1.24 bits per heavy atom. The Hall–Kier alpha value is -1.38. The molecule has 0 aliphatic carbocycles. The second-order valence-corrected chi connectivity index (χ2v) is 5.29. The van der Waals surface area contributed by atoms with Crippen molar-refractivity contribution in [2.45, 2.75) is 22.8 Å². The number of methoxy groups -OCH3 is 1. The summed E-state index contributed by atoms with van der Waals surface area (Å²) in [6, 6.07) is 3.75. The fourth-order valence-corrected chi connectivity index (χ4v) is 2.45. The zero-order chi connectivity index (χ0) is 15.5. The van der Waals surface area contributed by atoms with Gasteiger partial charge in [0, 0.05) is 19.4 Å². The van der Waals surface area contributed by atoms with Crippen LogP contribution in [-0.2, 0) is 17.5 Å². The predicted octanol–water partition coefficient (Wildman–Crippen LogP) is 3.84. The molecule has 2 aromatic heterocycles. The summed E-state index contributed by atoms with van der Waals surface area (Å²) >= 11 is 6.94. The molecular formula is C12H9ClF3N3OS. The monoisotopic (exact) mass is 335 g/mol. The van der Waals surface area contributed by atoms with E-state index in [-0.39, 0.29) is 11.8 Å². The Kier molecular flexibility index (Phi) is 5.02. The van der Waals surface area contributed by atoms with Crippen molar-refractivity contribution >= 4 is 23.4 Å². The molecule has 0 atom stereocenters. The molecule has 0 radical (unpaired) electrons. The van der Waals surface area contributed by atoms with Crippen molar-refractivity contribution in [3.63, 3.8) is 0 Å². The van der Waals surface area contributed by atoms with Gasteiger partial charge in [0.15, 0.2) is 5.82 Å². The van der Waals surface area contributed by atoms with Crippen LogP contribution in [0.3, 0.4) is 0 Å². The van der Waals surface area contributed by atoms with Crippen LogP contribution in [0, 0.1) is 0 Å².